The lowest BCUT2D eigenvalue weighted by molar-refractivity contribution is -0.140. The van der Waals surface area contributed by atoms with Gasteiger partial charge in [0.05, 0.1) is 0 Å². The Kier molecular flexibility index (Phi) is 4.18. The van der Waals surface area contributed by atoms with Gasteiger partial charge in [0.2, 0.25) is 5.96 Å². The average molecular weight is 266 g/mol. The average Bonchev–Trinajstić information content (AvgIpc) is 2.53. The van der Waals surface area contributed by atoms with E-state index >= 15 is 0 Å². The van der Waals surface area contributed by atoms with Gasteiger partial charge in [-0.25, -0.2) is 9.98 Å². The van der Waals surface area contributed by atoms with Crippen molar-refractivity contribution >= 4 is 30.0 Å². The van der Waals surface area contributed by atoms with Crippen molar-refractivity contribution in [2.75, 3.05) is 0 Å². The molecule has 0 atom stereocenters. The van der Waals surface area contributed by atoms with Crippen LogP contribution in [0.4, 0.5) is 0 Å². The minimum absolute atomic E-state index is 0.0930. The van der Waals surface area contributed by atoms with Crippen molar-refractivity contribution in [1.29, 1.82) is 0 Å². The quantitative estimate of drug-likeness (QED) is 0.443. The van der Waals surface area contributed by atoms with Crippen LogP contribution in [-0.4, -0.2) is 41.0 Å². The molecule has 104 valence electrons. The van der Waals surface area contributed by atoms with Gasteiger partial charge in [-0.1, -0.05) is 20.8 Å². The Labute approximate surface area is 111 Å². The van der Waals surface area contributed by atoms with Crippen molar-refractivity contribution in [2.45, 2.75) is 40.7 Å². The number of hydrogen-bond donors (Lipinski definition) is 1. The number of hydrogen-bond acceptors (Lipinski definition) is 3. The molecule has 1 saturated heterocycles. The molecule has 0 unspecified atom stereocenters. The summed E-state index contributed by atoms with van der Waals surface area (Å²) < 4.78 is 0. The summed E-state index contributed by atoms with van der Waals surface area (Å²) in [4.78, 5) is 43.1. The highest BCUT2D eigenvalue weighted by molar-refractivity contribution is 6.45. The maximum atomic E-state index is 11.5. The fourth-order valence-corrected chi connectivity index (χ4v) is 1.32. The summed E-state index contributed by atoms with van der Waals surface area (Å²) in [5.74, 6) is -1.63. The molecular formula is C12H18N4O3. The number of carbonyl (C=O) groups is 3. The van der Waals surface area contributed by atoms with Crippen molar-refractivity contribution in [1.82, 2.24) is 10.2 Å². The van der Waals surface area contributed by atoms with Crippen molar-refractivity contribution in [2.24, 2.45) is 15.4 Å². The van der Waals surface area contributed by atoms with Crippen LogP contribution in [0.15, 0.2) is 9.98 Å². The second kappa shape index (κ2) is 5.29. The van der Waals surface area contributed by atoms with E-state index < -0.39 is 17.2 Å². The lowest BCUT2D eigenvalue weighted by atomic mass is 9.96. The van der Waals surface area contributed by atoms with Gasteiger partial charge in [0.15, 0.2) is 0 Å². The van der Waals surface area contributed by atoms with Gasteiger partial charge in [0.1, 0.15) is 6.34 Å². The van der Waals surface area contributed by atoms with Gasteiger partial charge >= 0.3 is 11.8 Å². The summed E-state index contributed by atoms with van der Waals surface area (Å²) in [5.41, 5.74) is -0.594. The molecule has 1 heterocycles. The molecule has 19 heavy (non-hydrogen) atoms. The van der Waals surface area contributed by atoms with E-state index in [4.69, 9.17) is 0 Å². The van der Waals surface area contributed by atoms with E-state index in [-0.39, 0.29) is 17.9 Å². The molecule has 7 heteroatoms. The summed E-state index contributed by atoms with van der Waals surface area (Å²) in [6, 6.07) is -0.211. The summed E-state index contributed by atoms with van der Waals surface area (Å²) in [5, 5.41) is 2.33. The molecule has 1 aliphatic rings. The largest absolute Gasteiger partial charge is 0.319 e. The van der Waals surface area contributed by atoms with Crippen molar-refractivity contribution in [3.05, 3.63) is 0 Å². The van der Waals surface area contributed by atoms with Crippen LogP contribution in [0.25, 0.3) is 0 Å². The van der Waals surface area contributed by atoms with Gasteiger partial charge in [-0.05, 0) is 13.8 Å². The minimum atomic E-state index is -0.733. The Morgan fingerprint density at radius 1 is 1.32 bits per heavy atom. The molecule has 0 saturated carbocycles. The van der Waals surface area contributed by atoms with Crippen LogP contribution in [0.3, 0.4) is 0 Å². The third kappa shape index (κ3) is 3.46. The molecule has 1 rings (SSSR count). The first-order valence-corrected chi connectivity index (χ1v) is 5.94. The topological polar surface area (TPSA) is 91.2 Å². The molecule has 0 spiro atoms. The van der Waals surface area contributed by atoms with E-state index in [1.807, 2.05) is 0 Å². The normalized spacial score (nSPS) is 18.8. The van der Waals surface area contributed by atoms with Crippen LogP contribution in [0.5, 0.6) is 0 Å². The number of nitrogens with one attached hydrogen (secondary N) is 1. The van der Waals surface area contributed by atoms with Crippen LogP contribution >= 0.6 is 0 Å². The number of rotatable bonds is 2. The minimum Gasteiger partial charge on any atom is -0.287 e. The molecule has 1 aliphatic heterocycles. The second-order valence-electron chi connectivity index (χ2n) is 5.48. The van der Waals surface area contributed by atoms with Gasteiger partial charge < -0.3 is 0 Å². The number of guanidine groups is 1. The molecule has 0 aromatic heterocycles. The number of amides is 3. The fourth-order valence-electron chi connectivity index (χ4n) is 1.32. The molecule has 1 fully saturated rings. The lowest BCUT2D eigenvalue weighted by Gasteiger charge is -2.18. The van der Waals surface area contributed by atoms with Crippen LogP contribution in [0, 0.1) is 5.41 Å². The van der Waals surface area contributed by atoms with E-state index in [1.165, 1.54) is 4.90 Å². The van der Waals surface area contributed by atoms with Gasteiger partial charge in [0.25, 0.3) is 5.91 Å². The van der Waals surface area contributed by atoms with E-state index in [9.17, 15) is 14.4 Å². The van der Waals surface area contributed by atoms with Gasteiger partial charge in [-0.15, -0.1) is 0 Å². The molecule has 1 N–H and O–H groups in total. The highest BCUT2D eigenvalue weighted by Gasteiger charge is 2.36. The highest BCUT2D eigenvalue weighted by atomic mass is 16.2. The first-order chi connectivity index (χ1) is 8.64. The summed E-state index contributed by atoms with van der Waals surface area (Å²) in [6.07, 6.45) is 1.05. The lowest BCUT2D eigenvalue weighted by Crippen LogP contribution is -2.38. The number of nitrogens with zero attached hydrogens (tertiary/aromatic N) is 3. The number of aliphatic imine (C=N–C) groups is 2. The monoisotopic (exact) mass is 266 g/mol. The maximum absolute atomic E-state index is 11.5. The van der Waals surface area contributed by atoms with Crippen LogP contribution in [0.1, 0.15) is 34.6 Å². The highest BCUT2D eigenvalue weighted by Crippen LogP contribution is 2.14. The standard InChI is InChI=1S/C12H18N4O3/c1-7(2)16-9(18)8(17)15-11(16)14-6-13-10(19)12(3,4)5/h6-7H,1-5H3,(H,13,14,15,17,19). The fraction of sp³-hybridized carbons (Fsp3) is 0.583. The van der Waals surface area contributed by atoms with E-state index in [0.29, 0.717) is 0 Å². The zero-order valence-electron chi connectivity index (χ0n) is 11.7. The second-order valence-corrected chi connectivity index (χ2v) is 5.48. The van der Waals surface area contributed by atoms with Gasteiger partial charge in [-0.3, -0.25) is 24.6 Å². The van der Waals surface area contributed by atoms with Crippen LogP contribution in [-0.2, 0) is 14.4 Å². The van der Waals surface area contributed by atoms with Crippen molar-refractivity contribution < 1.29 is 14.4 Å². The van der Waals surface area contributed by atoms with E-state index in [1.54, 1.807) is 34.6 Å². The summed E-state index contributed by atoms with van der Waals surface area (Å²) in [6.45, 7) is 8.72. The first kappa shape index (κ1) is 15.0. The third-order valence-corrected chi connectivity index (χ3v) is 2.38. The zero-order valence-corrected chi connectivity index (χ0v) is 11.7. The van der Waals surface area contributed by atoms with E-state index in [0.717, 1.165) is 6.34 Å². The predicted molar refractivity (Wildman–Crippen MR) is 70.5 cm³/mol. The summed E-state index contributed by atoms with van der Waals surface area (Å²) in [7, 11) is 0. The maximum Gasteiger partial charge on any atom is 0.319 e. The van der Waals surface area contributed by atoms with Gasteiger partial charge in [0, 0.05) is 11.5 Å². The smallest absolute Gasteiger partial charge is 0.287 e. The molecule has 0 aliphatic carbocycles. The Bertz CT molecular complexity index is 472. The molecular weight excluding hydrogens is 248 g/mol. The summed E-state index contributed by atoms with van der Waals surface area (Å²) >= 11 is 0. The Morgan fingerprint density at radius 3 is 2.37 bits per heavy atom. The first-order valence-electron chi connectivity index (χ1n) is 5.94. The molecule has 0 bridgehead atoms. The van der Waals surface area contributed by atoms with Crippen LogP contribution < -0.4 is 5.32 Å². The third-order valence-electron chi connectivity index (χ3n) is 2.38. The van der Waals surface area contributed by atoms with Crippen LogP contribution in [0.2, 0.25) is 0 Å². The molecule has 7 nitrogen and oxygen atoms in total. The zero-order chi connectivity index (χ0) is 14.8. The van der Waals surface area contributed by atoms with E-state index in [2.05, 4.69) is 15.3 Å². The Morgan fingerprint density at radius 2 is 1.89 bits per heavy atom. The Hall–Kier alpha value is -2.05. The molecule has 0 aromatic carbocycles. The Balaban J connectivity index is 2.88. The van der Waals surface area contributed by atoms with Crippen molar-refractivity contribution in [3.8, 4) is 0 Å². The predicted octanol–water partition coefficient (Wildman–Crippen LogP) is 0.310. The molecule has 0 aromatic rings. The van der Waals surface area contributed by atoms with Crippen molar-refractivity contribution in [3.63, 3.8) is 0 Å². The number of carbonyl (C=O) groups excluding carboxylic acids is 3. The molecule has 0 radical (unpaired) electrons. The molecule has 3 amide bonds. The van der Waals surface area contributed by atoms with Gasteiger partial charge in [-0.2, -0.15) is 0 Å². The SMILES string of the molecule is CC(C)N1C(=O)C(=O)NC1=NC=NC(=O)C(C)(C)C.